The van der Waals surface area contributed by atoms with Gasteiger partial charge in [0.25, 0.3) is 0 Å². The molecule has 2 rings (SSSR count). The van der Waals surface area contributed by atoms with E-state index in [-0.39, 0.29) is 11.9 Å². The second-order valence-corrected chi connectivity index (χ2v) is 3.80. The van der Waals surface area contributed by atoms with Crippen LogP contribution in [0.4, 0.5) is 0 Å². The molecule has 0 N–H and O–H groups in total. The molecule has 1 heterocycles. The number of ether oxygens (including phenoxy) is 1. The fourth-order valence-corrected chi connectivity index (χ4v) is 1.86. The highest BCUT2D eigenvalue weighted by Gasteiger charge is 2.23. The molecule has 0 aliphatic heterocycles. The summed E-state index contributed by atoms with van der Waals surface area (Å²) in [5.41, 5.74) is 0. The first-order valence-corrected chi connectivity index (χ1v) is 5.34. The van der Waals surface area contributed by atoms with Crippen LogP contribution in [0.2, 0.25) is 0 Å². The molecule has 0 atom stereocenters. The maximum Gasteiger partial charge on any atom is 0.315 e. The Bertz CT molecular complexity index is 321. The summed E-state index contributed by atoms with van der Waals surface area (Å²) in [5, 5.41) is 0. The predicted octanol–water partition coefficient (Wildman–Crippen LogP) is 1.96. The molecule has 1 fully saturated rings. The summed E-state index contributed by atoms with van der Waals surface area (Å²) in [7, 11) is 0. The monoisotopic (exact) mass is 206 g/mol. The molecule has 1 aliphatic rings. The van der Waals surface area contributed by atoms with Crippen molar-refractivity contribution in [3.63, 3.8) is 0 Å². The summed E-state index contributed by atoms with van der Waals surface area (Å²) < 4.78 is 5.16. The third kappa shape index (κ3) is 2.75. The molecule has 0 bridgehead atoms. The quantitative estimate of drug-likeness (QED) is 0.694. The summed E-state index contributed by atoms with van der Waals surface area (Å²) >= 11 is 0. The first kappa shape index (κ1) is 10.1. The van der Waals surface area contributed by atoms with Crippen molar-refractivity contribution in [2.45, 2.75) is 32.1 Å². The van der Waals surface area contributed by atoms with E-state index in [1.54, 1.807) is 12.3 Å². The third-order valence-electron chi connectivity index (χ3n) is 2.70. The Kier molecular flexibility index (Phi) is 3.27. The van der Waals surface area contributed by atoms with Crippen LogP contribution in [0.3, 0.4) is 0 Å². The van der Waals surface area contributed by atoms with Crippen molar-refractivity contribution in [1.29, 1.82) is 0 Å². The minimum Gasteiger partial charge on any atom is -0.407 e. The highest BCUT2D eigenvalue weighted by molar-refractivity contribution is 5.74. The molecule has 0 amide bonds. The van der Waals surface area contributed by atoms with E-state index < -0.39 is 0 Å². The van der Waals surface area contributed by atoms with Gasteiger partial charge in [0.2, 0.25) is 5.88 Å². The van der Waals surface area contributed by atoms with Gasteiger partial charge in [-0.05, 0) is 12.8 Å². The van der Waals surface area contributed by atoms with Crippen molar-refractivity contribution < 1.29 is 9.53 Å². The van der Waals surface area contributed by atoms with Gasteiger partial charge in [-0.1, -0.05) is 19.3 Å². The number of hydrogen-bond acceptors (Lipinski definition) is 4. The van der Waals surface area contributed by atoms with E-state index in [4.69, 9.17) is 4.74 Å². The van der Waals surface area contributed by atoms with E-state index in [2.05, 4.69) is 9.97 Å². The topological polar surface area (TPSA) is 52.1 Å². The van der Waals surface area contributed by atoms with Gasteiger partial charge < -0.3 is 4.74 Å². The van der Waals surface area contributed by atoms with Gasteiger partial charge in [0.15, 0.2) is 0 Å². The van der Waals surface area contributed by atoms with Crippen molar-refractivity contribution in [1.82, 2.24) is 9.97 Å². The number of rotatable bonds is 2. The van der Waals surface area contributed by atoms with Crippen LogP contribution < -0.4 is 4.74 Å². The van der Waals surface area contributed by atoms with Crippen LogP contribution in [0.1, 0.15) is 32.1 Å². The lowest BCUT2D eigenvalue weighted by atomic mass is 9.89. The lowest BCUT2D eigenvalue weighted by Gasteiger charge is -2.19. The predicted molar refractivity (Wildman–Crippen MR) is 54.2 cm³/mol. The average Bonchev–Trinajstić information content (AvgIpc) is 2.31. The molecule has 4 nitrogen and oxygen atoms in total. The molecule has 0 saturated heterocycles. The molecule has 4 heteroatoms. The zero-order valence-electron chi connectivity index (χ0n) is 8.56. The second-order valence-electron chi connectivity index (χ2n) is 3.80. The van der Waals surface area contributed by atoms with E-state index in [1.165, 1.54) is 12.7 Å². The van der Waals surface area contributed by atoms with Gasteiger partial charge >= 0.3 is 5.97 Å². The van der Waals surface area contributed by atoms with Gasteiger partial charge in [-0.3, -0.25) is 4.79 Å². The molecular weight excluding hydrogens is 192 g/mol. The molecule has 80 valence electrons. The van der Waals surface area contributed by atoms with E-state index in [0.29, 0.717) is 5.88 Å². The van der Waals surface area contributed by atoms with E-state index in [9.17, 15) is 4.79 Å². The maximum atomic E-state index is 11.7. The van der Waals surface area contributed by atoms with E-state index in [1.807, 2.05) is 0 Å². The smallest absolute Gasteiger partial charge is 0.315 e. The van der Waals surface area contributed by atoms with Gasteiger partial charge in [0.1, 0.15) is 6.33 Å². The van der Waals surface area contributed by atoms with Crippen molar-refractivity contribution in [2.24, 2.45) is 5.92 Å². The Hall–Kier alpha value is -1.45. The van der Waals surface area contributed by atoms with Crippen molar-refractivity contribution in [2.75, 3.05) is 0 Å². The van der Waals surface area contributed by atoms with Gasteiger partial charge in [-0.25, -0.2) is 9.97 Å². The molecule has 0 spiro atoms. The zero-order valence-corrected chi connectivity index (χ0v) is 8.56. The number of carbonyl (C=O) groups excluding carboxylic acids is 1. The summed E-state index contributed by atoms with van der Waals surface area (Å²) in [5.74, 6) is 0.266. The third-order valence-corrected chi connectivity index (χ3v) is 2.70. The maximum absolute atomic E-state index is 11.7. The highest BCUT2D eigenvalue weighted by atomic mass is 16.5. The average molecular weight is 206 g/mol. The van der Waals surface area contributed by atoms with Crippen LogP contribution in [0.5, 0.6) is 5.88 Å². The van der Waals surface area contributed by atoms with Crippen molar-refractivity contribution in [3.8, 4) is 5.88 Å². The molecule has 15 heavy (non-hydrogen) atoms. The number of nitrogens with zero attached hydrogens (tertiary/aromatic N) is 2. The largest absolute Gasteiger partial charge is 0.407 e. The SMILES string of the molecule is O=C(Oc1ccncn1)C1CCCCC1. The van der Waals surface area contributed by atoms with E-state index >= 15 is 0 Å². The molecular formula is C11H14N2O2. The standard InChI is InChI=1S/C11H14N2O2/c14-11(9-4-2-1-3-5-9)15-10-6-7-12-8-13-10/h6-9H,1-5H2. The van der Waals surface area contributed by atoms with Crippen LogP contribution >= 0.6 is 0 Å². The minimum absolute atomic E-state index is 0.0636. The Morgan fingerprint density at radius 1 is 1.33 bits per heavy atom. The van der Waals surface area contributed by atoms with Gasteiger partial charge in [-0.2, -0.15) is 0 Å². The fourth-order valence-electron chi connectivity index (χ4n) is 1.86. The van der Waals surface area contributed by atoms with Gasteiger partial charge in [0.05, 0.1) is 5.92 Å². The Balaban J connectivity index is 1.91. The number of esters is 1. The minimum atomic E-state index is -0.145. The molecule has 1 saturated carbocycles. The Morgan fingerprint density at radius 3 is 2.80 bits per heavy atom. The van der Waals surface area contributed by atoms with Crippen LogP contribution in [0, 0.1) is 5.92 Å². The lowest BCUT2D eigenvalue weighted by molar-refractivity contribution is -0.140. The number of carbonyl (C=O) groups is 1. The van der Waals surface area contributed by atoms with Crippen LogP contribution in [-0.4, -0.2) is 15.9 Å². The Morgan fingerprint density at radius 2 is 2.13 bits per heavy atom. The first-order valence-electron chi connectivity index (χ1n) is 5.34. The second kappa shape index (κ2) is 4.87. The molecule has 1 aromatic heterocycles. The number of aromatic nitrogens is 2. The fraction of sp³-hybridized carbons (Fsp3) is 0.545. The van der Waals surface area contributed by atoms with Crippen molar-refractivity contribution in [3.05, 3.63) is 18.6 Å². The van der Waals surface area contributed by atoms with Crippen LogP contribution in [0.15, 0.2) is 18.6 Å². The Labute approximate surface area is 88.7 Å². The lowest BCUT2D eigenvalue weighted by Crippen LogP contribution is -2.23. The number of hydrogen-bond donors (Lipinski definition) is 0. The molecule has 0 aromatic carbocycles. The molecule has 1 aromatic rings. The summed E-state index contributed by atoms with van der Waals surface area (Å²) in [6, 6.07) is 1.60. The molecule has 0 unspecified atom stereocenters. The van der Waals surface area contributed by atoms with Gasteiger partial charge in [0, 0.05) is 12.3 Å². The first-order chi connectivity index (χ1) is 7.36. The normalized spacial score (nSPS) is 17.3. The summed E-state index contributed by atoms with van der Waals surface area (Å²) in [6.45, 7) is 0. The van der Waals surface area contributed by atoms with Crippen molar-refractivity contribution >= 4 is 5.97 Å². The highest BCUT2D eigenvalue weighted by Crippen LogP contribution is 2.24. The van der Waals surface area contributed by atoms with Gasteiger partial charge in [-0.15, -0.1) is 0 Å². The summed E-state index contributed by atoms with van der Waals surface area (Å²) in [6.07, 6.45) is 8.33. The summed E-state index contributed by atoms with van der Waals surface area (Å²) in [4.78, 5) is 19.3. The molecule has 0 radical (unpaired) electrons. The molecule has 1 aliphatic carbocycles. The van der Waals surface area contributed by atoms with Crippen LogP contribution in [0.25, 0.3) is 0 Å². The zero-order chi connectivity index (χ0) is 10.5. The van der Waals surface area contributed by atoms with Crippen LogP contribution in [-0.2, 0) is 4.79 Å². The van der Waals surface area contributed by atoms with E-state index in [0.717, 1.165) is 25.7 Å².